The maximum Gasteiger partial charge on any atom is 0.434 e. The van der Waals surface area contributed by atoms with E-state index in [-0.39, 0.29) is 30.5 Å². The zero-order chi connectivity index (χ0) is 16.9. The molecule has 0 radical (unpaired) electrons. The van der Waals surface area contributed by atoms with Gasteiger partial charge in [-0.05, 0) is 13.8 Å². The highest BCUT2D eigenvalue weighted by atomic mass is 127. The van der Waals surface area contributed by atoms with Gasteiger partial charge in [0.2, 0.25) is 0 Å². The van der Waals surface area contributed by atoms with Crippen molar-refractivity contribution in [3.8, 4) is 0 Å². The molecule has 0 aliphatic heterocycles. The fourth-order valence-electron chi connectivity index (χ4n) is 1.64. The van der Waals surface area contributed by atoms with Crippen molar-refractivity contribution in [1.82, 2.24) is 20.6 Å². The van der Waals surface area contributed by atoms with Crippen molar-refractivity contribution in [2.45, 2.75) is 33.1 Å². The smallest absolute Gasteiger partial charge is 0.357 e. The zero-order valence-corrected chi connectivity index (χ0v) is 16.9. The third-order valence-corrected chi connectivity index (χ3v) is 4.38. The molecule has 0 aliphatic carbocycles. The number of hydrogen-bond acceptors (Lipinski definition) is 5. The minimum absolute atomic E-state index is 0. The average molecular weight is 491 g/mol. The molecule has 2 aromatic rings. The summed E-state index contributed by atoms with van der Waals surface area (Å²) in [6.07, 6.45) is -2.62. The Hall–Kier alpha value is -0.950. The minimum Gasteiger partial charge on any atom is -0.357 e. The topological polar surface area (TPSA) is 62.2 Å². The predicted molar refractivity (Wildman–Crippen MR) is 101 cm³/mol. The summed E-state index contributed by atoms with van der Waals surface area (Å²) in [4.78, 5) is 13.3. The van der Waals surface area contributed by atoms with Crippen molar-refractivity contribution in [2.75, 3.05) is 6.54 Å². The molecule has 11 heteroatoms. The highest BCUT2D eigenvalue weighted by molar-refractivity contribution is 14.0. The van der Waals surface area contributed by atoms with Gasteiger partial charge in [-0.2, -0.15) is 13.2 Å². The number of aromatic nitrogens is 2. The van der Waals surface area contributed by atoms with Gasteiger partial charge < -0.3 is 10.6 Å². The van der Waals surface area contributed by atoms with Gasteiger partial charge in [-0.1, -0.05) is 0 Å². The van der Waals surface area contributed by atoms with E-state index in [9.17, 15) is 13.2 Å². The second kappa shape index (κ2) is 9.51. The molecule has 0 saturated carbocycles. The molecule has 5 nitrogen and oxygen atoms in total. The van der Waals surface area contributed by atoms with Gasteiger partial charge in [0.05, 0.1) is 13.1 Å². The molecule has 0 aromatic carbocycles. The maximum absolute atomic E-state index is 12.5. The number of thiazole rings is 2. The number of nitrogens with zero attached hydrogens (tertiary/aromatic N) is 3. The van der Waals surface area contributed by atoms with Gasteiger partial charge in [0, 0.05) is 23.0 Å². The van der Waals surface area contributed by atoms with Crippen LogP contribution in [0.2, 0.25) is 0 Å². The van der Waals surface area contributed by atoms with E-state index in [1.54, 1.807) is 17.5 Å². The molecule has 2 aromatic heterocycles. The number of halogens is 4. The van der Waals surface area contributed by atoms with Gasteiger partial charge in [-0.3, -0.25) is 0 Å². The second-order valence-electron chi connectivity index (χ2n) is 4.54. The summed E-state index contributed by atoms with van der Waals surface area (Å²) >= 11 is 2.53. The minimum atomic E-state index is -4.41. The van der Waals surface area contributed by atoms with Crippen LogP contribution in [0.1, 0.15) is 27.5 Å². The molecule has 0 atom stereocenters. The highest BCUT2D eigenvalue weighted by Gasteiger charge is 2.33. The first kappa shape index (κ1) is 21.1. The largest absolute Gasteiger partial charge is 0.434 e. The van der Waals surface area contributed by atoms with E-state index < -0.39 is 11.9 Å². The summed E-state index contributed by atoms with van der Waals surface area (Å²) in [5.41, 5.74) is -0.862. The molecular weight excluding hydrogens is 474 g/mol. The molecule has 134 valence electrons. The summed E-state index contributed by atoms with van der Waals surface area (Å²) in [5.74, 6) is 0.518. The summed E-state index contributed by atoms with van der Waals surface area (Å²) in [6.45, 7) is 5.13. The molecule has 0 amide bonds. The van der Waals surface area contributed by atoms with Crippen molar-refractivity contribution in [3.63, 3.8) is 0 Å². The standard InChI is InChI=1S/C13H16F3N5S2.HI/c1-3-17-12(19-5-10-18-4-8(2)23-10)20-6-11-21-9(7-22-11)13(14,15)16;/h4,7H,3,5-6H2,1-2H3,(H2,17,19,20);1H. The van der Waals surface area contributed by atoms with Crippen LogP contribution in [-0.4, -0.2) is 22.5 Å². The molecule has 2 N–H and O–H groups in total. The lowest BCUT2D eigenvalue weighted by molar-refractivity contribution is -0.140. The Labute approximate surface area is 162 Å². The lowest BCUT2D eigenvalue weighted by atomic mass is 10.5. The molecule has 0 spiro atoms. The van der Waals surface area contributed by atoms with Crippen LogP contribution in [-0.2, 0) is 19.3 Å². The fourth-order valence-corrected chi connectivity index (χ4v) is 3.10. The Morgan fingerprint density at radius 1 is 1.29 bits per heavy atom. The third-order valence-electron chi connectivity index (χ3n) is 2.64. The summed E-state index contributed by atoms with van der Waals surface area (Å²) in [5, 5.41) is 8.26. The van der Waals surface area contributed by atoms with Crippen molar-refractivity contribution < 1.29 is 13.2 Å². The number of nitrogens with one attached hydrogen (secondary N) is 2. The van der Waals surface area contributed by atoms with E-state index in [4.69, 9.17) is 0 Å². The van der Waals surface area contributed by atoms with Gasteiger partial charge in [0.1, 0.15) is 10.0 Å². The molecule has 2 heterocycles. The summed E-state index contributed by atoms with van der Waals surface area (Å²) < 4.78 is 37.5. The van der Waals surface area contributed by atoms with Crippen LogP contribution in [0.15, 0.2) is 16.6 Å². The number of hydrogen-bond donors (Lipinski definition) is 2. The first-order valence-electron chi connectivity index (χ1n) is 6.83. The quantitative estimate of drug-likeness (QED) is 0.380. The number of aliphatic imine (C=N–C) groups is 1. The molecule has 0 unspecified atom stereocenters. The average Bonchev–Trinajstić information content (AvgIpc) is 3.10. The number of rotatable bonds is 5. The van der Waals surface area contributed by atoms with Gasteiger partial charge in [0.15, 0.2) is 11.7 Å². The molecular formula is C13H17F3IN5S2. The van der Waals surface area contributed by atoms with E-state index in [1.807, 2.05) is 13.8 Å². The second-order valence-corrected chi connectivity index (χ2v) is 6.80. The molecule has 0 bridgehead atoms. The number of aryl methyl sites for hydroxylation is 1. The zero-order valence-electron chi connectivity index (χ0n) is 13.0. The first-order chi connectivity index (χ1) is 10.9. The lowest BCUT2D eigenvalue weighted by Gasteiger charge is -2.09. The fraction of sp³-hybridized carbons (Fsp3) is 0.462. The molecule has 2 rings (SSSR count). The SMILES string of the molecule is CCNC(=NCc1ncc(C)s1)NCc1nc(C(F)(F)F)cs1.I. The number of alkyl halides is 3. The van der Waals surface area contributed by atoms with Crippen molar-refractivity contribution in [1.29, 1.82) is 0 Å². The third kappa shape index (κ3) is 6.51. The Morgan fingerprint density at radius 2 is 2.04 bits per heavy atom. The highest BCUT2D eigenvalue weighted by Crippen LogP contribution is 2.29. The summed E-state index contributed by atoms with van der Waals surface area (Å²) in [7, 11) is 0. The molecule has 24 heavy (non-hydrogen) atoms. The van der Waals surface area contributed by atoms with Gasteiger partial charge in [0.25, 0.3) is 0 Å². The maximum atomic E-state index is 12.5. The Bertz CT molecular complexity index is 669. The van der Waals surface area contributed by atoms with E-state index in [2.05, 4.69) is 25.6 Å². The summed E-state index contributed by atoms with van der Waals surface area (Å²) in [6, 6.07) is 0. The van der Waals surface area contributed by atoms with Gasteiger partial charge in [-0.15, -0.1) is 46.7 Å². The first-order valence-corrected chi connectivity index (χ1v) is 8.53. The van der Waals surface area contributed by atoms with Crippen LogP contribution in [0.25, 0.3) is 0 Å². The van der Waals surface area contributed by atoms with E-state index >= 15 is 0 Å². The van der Waals surface area contributed by atoms with Crippen molar-refractivity contribution >= 4 is 52.6 Å². The van der Waals surface area contributed by atoms with Gasteiger partial charge in [-0.25, -0.2) is 15.0 Å². The van der Waals surface area contributed by atoms with Crippen LogP contribution >= 0.6 is 46.7 Å². The number of guanidine groups is 1. The molecule has 0 fully saturated rings. The van der Waals surface area contributed by atoms with E-state index in [0.717, 1.165) is 26.6 Å². The normalized spacial score (nSPS) is 12.0. The predicted octanol–water partition coefficient (Wildman–Crippen LogP) is 3.80. The molecule has 0 aliphatic rings. The van der Waals surface area contributed by atoms with Crippen molar-refractivity contribution in [2.24, 2.45) is 4.99 Å². The monoisotopic (exact) mass is 491 g/mol. The van der Waals surface area contributed by atoms with Crippen LogP contribution in [0, 0.1) is 6.92 Å². The van der Waals surface area contributed by atoms with Crippen LogP contribution in [0.5, 0.6) is 0 Å². The Morgan fingerprint density at radius 3 is 2.58 bits per heavy atom. The van der Waals surface area contributed by atoms with Crippen LogP contribution in [0.3, 0.4) is 0 Å². The molecule has 0 saturated heterocycles. The van der Waals surface area contributed by atoms with Gasteiger partial charge >= 0.3 is 6.18 Å². The van der Waals surface area contributed by atoms with Crippen LogP contribution in [0.4, 0.5) is 13.2 Å². The van der Waals surface area contributed by atoms with E-state index in [1.165, 1.54) is 0 Å². The van der Waals surface area contributed by atoms with E-state index in [0.29, 0.717) is 24.1 Å². The Kier molecular flexibility index (Phi) is 8.36. The van der Waals surface area contributed by atoms with Crippen molar-refractivity contribution in [3.05, 3.63) is 32.2 Å². The van der Waals surface area contributed by atoms with Crippen LogP contribution < -0.4 is 10.6 Å². The Balaban J connectivity index is 0.00000288. The lowest BCUT2D eigenvalue weighted by Crippen LogP contribution is -2.36.